The monoisotopic (exact) mass is 433 g/mol. The normalized spacial score (nSPS) is 16.5. The molecule has 0 aromatic heterocycles. The topological polar surface area (TPSA) is 82.4 Å². The van der Waals surface area contributed by atoms with Crippen LogP contribution in [0.3, 0.4) is 0 Å². The Bertz CT molecular complexity index is 1200. The van der Waals surface area contributed by atoms with Gasteiger partial charge in [-0.2, -0.15) is 9.57 Å². The number of ether oxygens (including phenoxy) is 1. The van der Waals surface area contributed by atoms with Crippen LogP contribution < -0.4 is 10.1 Å². The van der Waals surface area contributed by atoms with Crippen molar-refractivity contribution in [3.05, 3.63) is 89.5 Å². The third kappa shape index (κ3) is 4.41. The van der Waals surface area contributed by atoms with Gasteiger partial charge < -0.3 is 10.1 Å². The Balaban J connectivity index is 1.75. The number of anilines is 1. The number of nitrogens with zero attached hydrogens (tertiary/aromatic N) is 2. The molecule has 0 unspecified atom stereocenters. The van der Waals surface area contributed by atoms with E-state index in [1.807, 2.05) is 36.4 Å². The van der Waals surface area contributed by atoms with Gasteiger partial charge in [0, 0.05) is 24.8 Å². The van der Waals surface area contributed by atoms with E-state index in [4.69, 9.17) is 4.74 Å². The summed E-state index contributed by atoms with van der Waals surface area (Å²) in [6.45, 7) is 0.646. The summed E-state index contributed by atoms with van der Waals surface area (Å²) in [4.78, 5) is 0.214. The number of sulfonamides is 1. The first kappa shape index (κ1) is 20.9. The average molecular weight is 434 g/mol. The lowest BCUT2D eigenvalue weighted by Crippen LogP contribution is -2.43. The molecule has 158 valence electrons. The molecule has 0 amide bonds. The van der Waals surface area contributed by atoms with Crippen LogP contribution in [0.1, 0.15) is 16.7 Å². The number of rotatable bonds is 5. The third-order valence-corrected chi connectivity index (χ3v) is 7.39. The van der Waals surface area contributed by atoms with Crippen LogP contribution in [-0.4, -0.2) is 32.4 Å². The number of methoxy groups -OCH3 is 1. The Morgan fingerprint density at radius 2 is 1.84 bits per heavy atom. The Morgan fingerprint density at radius 3 is 2.52 bits per heavy atom. The van der Waals surface area contributed by atoms with E-state index < -0.39 is 10.0 Å². The quantitative estimate of drug-likeness (QED) is 0.662. The molecule has 0 bridgehead atoms. The fourth-order valence-corrected chi connectivity index (χ4v) is 5.42. The Kier molecular flexibility index (Phi) is 5.94. The van der Waals surface area contributed by atoms with E-state index in [1.54, 1.807) is 47.8 Å². The number of fused-ring (bicyclic) bond motifs is 1. The molecule has 0 radical (unpaired) electrons. The highest BCUT2D eigenvalue weighted by atomic mass is 32.2. The van der Waals surface area contributed by atoms with Gasteiger partial charge in [0.2, 0.25) is 10.0 Å². The molecule has 0 saturated carbocycles. The smallest absolute Gasteiger partial charge is 0.243 e. The first-order chi connectivity index (χ1) is 15.0. The Morgan fingerprint density at radius 1 is 1.10 bits per heavy atom. The van der Waals surface area contributed by atoms with Crippen LogP contribution in [0.15, 0.2) is 77.7 Å². The Hall–Kier alpha value is -3.34. The molecular formula is C24H23N3O3S. The Labute approximate surface area is 182 Å². The molecule has 1 N–H and O–H groups in total. The maximum atomic E-state index is 13.7. The molecule has 1 aliphatic rings. The minimum Gasteiger partial charge on any atom is -0.497 e. The van der Waals surface area contributed by atoms with Crippen molar-refractivity contribution in [2.24, 2.45) is 0 Å². The lowest BCUT2D eigenvalue weighted by molar-refractivity contribution is 0.325. The first-order valence-electron chi connectivity index (χ1n) is 9.98. The van der Waals surface area contributed by atoms with Crippen molar-refractivity contribution >= 4 is 15.7 Å². The van der Waals surface area contributed by atoms with Crippen molar-refractivity contribution in [3.63, 3.8) is 0 Å². The number of nitrogens with one attached hydrogen (secondary N) is 1. The second-order valence-corrected chi connectivity index (χ2v) is 9.32. The van der Waals surface area contributed by atoms with E-state index in [0.717, 1.165) is 16.8 Å². The fraction of sp³-hybridized carbons (Fsp3) is 0.208. The van der Waals surface area contributed by atoms with Gasteiger partial charge in [0.05, 0.1) is 23.6 Å². The molecule has 3 aromatic rings. The van der Waals surface area contributed by atoms with Crippen molar-refractivity contribution in [3.8, 4) is 11.8 Å². The molecule has 31 heavy (non-hydrogen) atoms. The fourth-order valence-electron chi connectivity index (χ4n) is 3.82. The molecule has 1 heterocycles. The molecular weight excluding hydrogens is 410 g/mol. The number of benzene rings is 3. The lowest BCUT2D eigenvalue weighted by atomic mass is 10.1. The number of hydrogen-bond acceptors (Lipinski definition) is 5. The molecule has 0 aliphatic carbocycles. The zero-order valence-corrected chi connectivity index (χ0v) is 18.0. The standard InChI is InChI=1S/C24H23N3O3S/c1-30-22-8-10-23(11-9-22)31(28,29)27-17-20-13-19(15-25)7-12-24(20)26-16-21(27)14-18-5-3-2-4-6-18/h2-13,21,26H,14,16-17H2,1H3/t21-/m1/s1. The van der Waals surface area contributed by atoms with Crippen LogP contribution in [0, 0.1) is 11.3 Å². The molecule has 0 spiro atoms. The van der Waals surface area contributed by atoms with Gasteiger partial charge in [-0.05, 0) is 60.0 Å². The molecule has 0 saturated heterocycles. The highest BCUT2D eigenvalue weighted by molar-refractivity contribution is 7.89. The summed E-state index contributed by atoms with van der Waals surface area (Å²) in [7, 11) is -2.24. The summed E-state index contributed by atoms with van der Waals surface area (Å²) in [5.41, 5.74) is 3.20. The van der Waals surface area contributed by atoms with Crippen LogP contribution >= 0.6 is 0 Å². The summed E-state index contributed by atoms with van der Waals surface area (Å²) in [5, 5.41) is 12.7. The molecule has 7 heteroatoms. The largest absolute Gasteiger partial charge is 0.497 e. The van der Waals surface area contributed by atoms with Crippen LogP contribution in [0.2, 0.25) is 0 Å². The van der Waals surface area contributed by atoms with Crippen molar-refractivity contribution in [2.75, 3.05) is 19.0 Å². The van der Waals surface area contributed by atoms with E-state index in [1.165, 1.54) is 0 Å². The summed E-state index contributed by atoms with van der Waals surface area (Å²) in [5.74, 6) is 0.598. The summed E-state index contributed by atoms with van der Waals surface area (Å²) in [6.07, 6.45) is 0.572. The maximum Gasteiger partial charge on any atom is 0.243 e. The highest BCUT2D eigenvalue weighted by Crippen LogP contribution is 2.30. The van der Waals surface area contributed by atoms with Crippen LogP contribution in [0.4, 0.5) is 5.69 Å². The highest BCUT2D eigenvalue weighted by Gasteiger charge is 2.34. The van der Waals surface area contributed by atoms with Crippen LogP contribution in [-0.2, 0) is 23.0 Å². The van der Waals surface area contributed by atoms with Gasteiger partial charge in [0.25, 0.3) is 0 Å². The van der Waals surface area contributed by atoms with Gasteiger partial charge in [-0.3, -0.25) is 0 Å². The maximum absolute atomic E-state index is 13.7. The van der Waals surface area contributed by atoms with Gasteiger partial charge in [0.15, 0.2) is 0 Å². The second kappa shape index (κ2) is 8.80. The molecule has 1 atom stereocenters. The summed E-state index contributed by atoms with van der Waals surface area (Å²) < 4.78 is 34.1. The number of hydrogen-bond donors (Lipinski definition) is 1. The van der Waals surface area contributed by atoms with E-state index in [9.17, 15) is 13.7 Å². The minimum absolute atomic E-state index is 0.184. The summed E-state index contributed by atoms with van der Waals surface area (Å²) >= 11 is 0. The van der Waals surface area contributed by atoms with E-state index in [2.05, 4.69) is 11.4 Å². The van der Waals surface area contributed by atoms with Gasteiger partial charge >= 0.3 is 0 Å². The molecule has 1 aliphatic heterocycles. The average Bonchev–Trinajstić information content (AvgIpc) is 2.99. The van der Waals surface area contributed by atoms with Gasteiger partial charge in [-0.25, -0.2) is 8.42 Å². The zero-order chi connectivity index (χ0) is 21.8. The van der Waals surface area contributed by atoms with Crippen molar-refractivity contribution in [2.45, 2.75) is 23.9 Å². The number of nitriles is 1. The van der Waals surface area contributed by atoms with Crippen LogP contribution in [0.5, 0.6) is 5.75 Å². The van der Waals surface area contributed by atoms with E-state index >= 15 is 0 Å². The predicted molar refractivity (Wildman–Crippen MR) is 119 cm³/mol. The zero-order valence-electron chi connectivity index (χ0n) is 17.2. The van der Waals surface area contributed by atoms with Crippen molar-refractivity contribution in [1.82, 2.24) is 4.31 Å². The van der Waals surface area contributed by atoms with Crippen molar-refractivity contribution in [1.29, 1.82) is 5.26 Å². The molecule has 4 rings (SSSR count). The SMILES string of the molecule is COc1ccc(S(=O)(=O)N2Cc3cc(C#N)ccc3NC[C@H]2Cc2ccccc2)cc1. The molecule has 6 nitrogen and oxygen atoms in total. The van der Waals surface area contributed by atoms with E-state index in [0.29, 0.717) is 24.3 Å². The first-order valence-corrected chi connectivity index (χ1v) is 11.4. The minimum atomic E-state index is -3.79. The third-order valence-electron chi connectivity index (χ3n) is 5.48. The lowest BCUT2D eigenvalue weighted by Gasteiger charge is -2.29. The van der Waals surface area contributed by atoms with Gasteiger partial charge in [-0.1, -0.05) is 30.3 Å². The van der Waals surface area contributed by atoms with Crippen LogP contribution in [0.25, 0.3) is 0 Å². The van der Waals surface area contributed by atoms with Crippen molar-refractivity contribution < 1.29 is 13.2 Å². The van der Waals surface area contributed by atoms with Gasteiger partial charge in [0.1, 0.15) is 5.75 Å². The predicted octanol–water partition coefficient (Wildman–Crippen LogP) is 3.79. The molecule has 3 aromatic carbocycles. The summed E-state index contributed by atoms with van der Waals surface area (Å²) in [6, 6.07) is 23.5. The van der Waals surface area contributed by atoms with E-state index in [-0.39, 0.29) is 17.5 Å². The van der Waals surface area contributed by atoms with Gasteiger partial charge in [-0.15, -0.1) is 0 Å². The second-order valence-electron chi connectivity index (χ2n) is 7.43. The molecule has 0 fully saturated rings.